The molecule has 0 spiro atoms. The second-order valence-electron chi connectivity index (χ2n) is 4.49. The molecule has 0 aliphatic carbocycles. The van der Waals surface area contributed by atoms with Crippen molar-refractivity contribution in [3.63, 3.8) is 0 Å². The summed E-state index contributed by atoms with van der Waals surface area (Å²) in [4.78, 5) is 13.9. The fraction of sp³-hybridized carbons (Fsp3) is 0.200. The van der Waals surface area contributed by atoms with Crippen molar-refractivity contribution >= 4 is 17.7 Å². The minimum atomic E-state index is -0.518. The maximum atomic E-state index is 10.6. The van der Waals surface area contributed by atoms with Crippen molar-refractivity contribution in [2.24, 2.45) is 5.10 Å². The first kappa shape index (κ1) is 17.0. The summed E-state index contributed by atoms with van der Waals surface area (Å²) < 4.78 is 15.8. The van der Waals surface area contributed by atoms with E-state index in [1.807, 2.05) is 0 Å². The third-order valence-corrected chi connectivity index (χ3v) is 3.04. The van der Waals surface area contributed by atoms with Gasteiger partial charge in [0, 0.05) is 11.6 Å². The lowest BCUT2D eigenvalue weighted by atomic mass is 10.2. The molecule has 0 saturated carbocycles. The molecular formula is C15H16N4O5. The van der Waals surface area contributed by atoms with Crippen LogP contribution in [-0.2, 0) is 0 Å². The van der Waals surface area contributed by atoms with Gasteiger partial charge in [0.25, 0.3) is 5.69 Å². The fourth-order valence-corrected chi connectivity index (χ4v) is 1.91. The first-order valence-electron chi connectivity index (χ1n) is 6.78. The van der Waals surface area contributed by atoms with Crippen LogP contribution in [0.5, 0.6) is 17.2 Å². The van der Waals surface area contributed by atoms with E-state index in [4.69, 9.17) is 14.2 Å². The monoisotopic (exact) mass is 332 g/mol. The predicted octanol–water partition coefficient (Wildman–Crippen LogP) is 2.46. The van der Waals surface area contributed by atoms with Gasteiger partial charge in [0.1, 0.15) is 12.0 Å². The molecule has 9 nitrogen and oxygen atoms in total. The van der Waals surface area contributed by atoms with Crippen LogP contribution in [-0.4, -0.2) is 37.5 Å². The molecule has 24 heavy (non-hydrogen) atoms. The summed E-state index contributed by atoms with van der Waals surface area (Å²) in [5.41, 5.74) is 3.30. The lowest BCUT2D eigenvalue weighted by Gasteiger charge is -2.12. The number of anilines is 1. The van der Waals surface area contributed by atoms with E-state index in [0.29, 0.717) is 28.6 Å². The molecule has 0 atom stereocenters. The van der Waals surface area contributed by atoms with Gasteiger partial charge in [-0.3, -0.25) is 15.5 Å². The van der Waals surface area contributed by atoms with Crippen LogP contribution in [0.3, 0.4) is 0 Å². The van der Waals surface area contributed by atoms with Gasteiger partial charge >= 0.3 is 0 Å². The van der Waals surface area contributed by atoms with Gasteiger partial charge in [0.05, 0.1) is 32.5 Å². The summed E-state index contributed by atoms with van der Waals surface area (Å²) in [5.74, 6) is 1.88. The van der Waals surface area contributed by atoms with Crippen LogP contribution in [0.2, 0.25) is 0 Å². The molecule has 1 N–H and O–H groups in total. The molecule has 0 unspecified atom stereocenters. The van der Waals surface area contributed by atoms with E-state index >= 15 is 0 Å². The van der Waals surface area contributed by atoms with Gasteiger partial charge in [0.2, 0.25) is 5.75 Å². The summed E-state index contributed by atoms with van der Waals surface area (Å²) in [5, 5.41) is 14.6. The van der Waals surface area contributed by atoms with Gasteiger partial charge in [0.15, 0.2) is 11.5 Å². The van der Waals surface area contributed by atoms with Crippen LogP contribution < -0.4 is 19.6 Å². The molecule has 0 amide bonds. The first-order valence-corrected chi connectivity index (χ1v) is 6.78. The van der Waals surface area contributed by atoms with Gasteiger partial charge in [-0.05, 0) is 18.2 Å². The predicted molar refractivity (Wildman–Crippen MR) is 88.2 cm³/mol. The van der Waals surface area contributed by atoms with Gasteiger partial charge < -0.3 is 14.2 Å². The third-order valence-electron chi connectivity index (χ3n) is 3.04. The van der Waals surface area contributed by atoms with Crippen LogP contribution in [0.1, 0.15) is 5.56 Å². The Bertz CT molecular complexity index is 721. The van der Waals surface area contributed by atoms with Crippen molar-refractivity contribution < 1.29 is 19.1 Å². The Morgan fingerprint density at radius 1 is 1.17 bits per heavy atom. The third kappa shape index (κ3) is 3.88. The summed E-state index contributed by atoms with van der Waals surface area (Å²) in [6.07, 6.45) is 2.69. The van der Waals surface area contributed by atoms with E-state index < -0.39 is 4.92 Å². The molecular weight excluding hydrogens is 316 g/mol. The number of hydrogen-bond acceptors (Lipinski definition) is 8. The smallest absolute Gasteiger partial charge is 0.287 e. The van der Waals surface area contributed by atoms with Crippen molar-refractivity contribution in [3.05, 3.63) is 46.1 Å². The molecule has 2 rings (SSSR count). The molecule has 0 aliphatic heterocycles. The molecule has 2 aromatic rings. The largest absolute Gasteiger partial charge is 0.493 e. The molecule has 1 aromatic carbocycles. The number of aromatic nitrogens is 1. The number of hydrazone groups is 1. The Hall–Kier alpha value is -3.36. The van der Waals surface area contributed by atoms with Crippen LogP contribution in [0, 0.1) is 10.1 Å². The van der Waals surface area contributed by atoms with E-state index in [1.54, 1.807) is 12.1 Å². The van der Waals surface area contributed by atoms with Crippen molar-refractivity contribution in [3.8, 4) is 17.2 Å². The van der Waals surface area contributed by atoms with Gasteiger partial charge in [-0.2, -0.15) is 5.10 Å². The van der Waals surface area contributed by atoms with Crippen molar-refractivity contribution in [2.45, 2.75) is 0 Å². The Kier molecular flexibility index (Phi) is 5.50. The minimum absolute atomic E-state index is 0.0887. The normalized spacial score (nSPS) is 10.5. The number of nitrogens with one attached hydrogen (secondary N) is 1. The topological polar surface area (TPSA) is 108 Å². The number of methoxy groups -OCH3 is 3. The number of nitro groups is 1. The highest BCUT2D eigenvalue weighted by atomic mass is 16.6. The standard InChI is InChI=1S/C15H16N4O5/c1-22-12-6-10(7-13(23-2)15(12)24-3)8-17-18-14-5-4-11(9-16-14)19(20)21/h4-9H,1-3H3,(H,16,18)/b17-8-. The second-order valence-corrected chi connectivity index (χ2v) is 4.49. The van der Waals surface area contributed by atoms with Gasteiger partial charge in [-0.25, -0.2) is 4.98 Å². The van der Waals surface area contributed by atoms with Crippen LogP contribution >= 0.6 is 0 Å². The number of hydrogen-bond donors (Lipinski definition) is 1. The van der Waals surface area contributed by atoms with Crippen LogP contribution in [0.25, 0.3) is 0 Å². The average molecular weight is 332 g/mol. The summed E-state index contributed by atoms with van der Waals surface area (Å²) >= 11 is 0. The SMILES string of the molecule is COc1cc(/C=N\Nc2ccc([N+](=O)[O-])cn2)cc(OC)c1OC. The van der Waals surface area contributed by atoms with Crippen LogP contribution in [0.15, 0.2) is 35.6 Å². The summed E-state index contributed by atoms with van der Waals surface area (Å²) in [6.45, 7) is 0. The zero-order chi connectivity index (χ0) is 17.5. The highest BCUT2D eigenvalue weighted by Crippen LogP contribution is 2.37. The van der Waals surface area contributed by atoms with Crippen molar-refractivity contribution in [2.75, 3.05) is 26.8 Å². The highest BCUT2D eigenvalue weighted by molar-refractivity contribution is 5.83. The zero-order valence-corrected chi connectivity index (χ0v) is 13.3. The molecule has 1 aromatic heterocycles. The molecule has 0 fully saturated rings. The lowest BCUT2D eigenvalue weighted by molar-refractivity contribution is -0.385. The van der Waals surface area contributed by atoms with E-state index in [1.165, 1.54) is 39.7 Å². The lowest BCUT2D eigenvalue weighted by Crippen LogP contribution is -1.98. The Labute approximate surface area is 138 Å². The van der Waals surface area contributed by atoms with Crippen molar-refractivity contribution in [1.82, 2.24) is 4.98 Å². The summed E-state index contributed by atoms with van der Waals surface area (Å²) in [7, 11) is 4.57. The molecule has 0 aliphatic rings. The Morgan fingerprint density at radius 2 is 1.83 bits per heavy atom. The molecule has 0 bridgehead atoms. The number of nitrogens with zero attached hydrogens (tertiary/aromatic N) is 3. The van der Waals surface area contributed by atoms with Crippen molar-refractivity contribution in [1.29, 1.82) is 0 Å². The average Bonchev–Trinajstić information content (AvgIpc) is 2.61. The number of ether oxygens (including phenoxy) is 3. The highest BCUT2D eigenvalue weighted by Gasteiger charge is 2.12. The maximum Gasteiger partial charge on any atom is 0.287 e. The zero-order valence-electron chi connectivity index (χ0n) is 13.3. The van der Waals surface area contributed by atoms with Crippen LogP contribution in [0.4, 0.5) is 11.5 Å². The molecule has 0 radical (unpaired) electrons. The molecule has 1 heterocycles. The van der Waals surface area contributed by atoms with E-state index in [-0.39, 0.29) is 5.69 Å². The number of rotatable bonds is 7. The van der Waals surface area contributed by atoms with E-state index in [9.17, 15) is 10.1 Å². The quantitative estimate of drug-likeness (QED) is 0.471. The van der Waals surface area contributed by atoms with E-state index in [2.05, 4.69) is 15.5 Å². The van der Waals surface area contributed by atoms with Gasteiger partial charge in [-0.1, -0.05) is 0 Å². The maximum absolute atomic E-state index is 10.6. The summed E-state index contributed by atoms with van der Waals surface area (Å²) in [6, 6.07) is 6.26. The molecule has 126 valence electrons. The Balaban J connectivity index is 2.15. The van der Waals surface area contributed by atoms with E-state index in [0.717, 1.165) is 6.20 Å². The molecule has 9 heteroatoms. The first-order chi connectivity index (χ1) is 11.6. The minimum Gasteiger partial charge on any atom is -0.493 e. The number of pyridine rings is 1. The Morgan fingerprint density at radius 3 is 2.29 bits per heavy atom. The van der Waals surface area contributed by atoms with Gasteiger partial charge in [-0.15, -0.1) is 0 Å². The molecule has 0 saturated heterocycles. The number of benzene rings is 1. The second kappa shape index (κ2) is 7.77. The fourth-order valence-electron chi connectivity index (χ4n) is 1.91.